The zero-order valence-corrected chi connectivity index (χ0v) is 46.1. The van der Waals surface area contributed by atoms with Gasteiger partial charge in [0.2, 0.25) is 53.2 Å². The Morgan fingerprint density at radius 2 is 0.864 bits per heavy atom. The van der Waals surface area contributed by atoms with E-state index in [-0.39, 0.29) is 64.6 Å². The van der Waals surface area contributed by atoms with Crippen molar-refractivity contribution in [2.45, 2.75) is 184 Å². The summed E-state index contributed by atoms with van der Waals surface area (Å²) < 4.78 is 13.7. The van der Waals surface area contributed by atoms with Gasteiger partial charge in [-0.2, -0.15) is 0 Å². The molecule has 8 atom stereocenters. The molecule has 0 radical (unpaired) electrons. The zero-order valence-electron chi connectivity index (χ0n) is 46.1. The topological polar surface area (TPSA) is 523 Å². The summed E-state index contributed by atoms with van der Waals surface area (Å²) in [6.45, 7) is 2.70. The van der Waals surface area contributed by atoms with Crippen LogP contribution in [0.4, 0.5) is 4.39 Å². The molecule has 1 aromatic heterocycles. The molecule has 2 unspecified atom stereocenters. The van der Waals surface area contributed by atoms with Crippen LogP contribution in [0.3, 0.4) is 0 Å². The van der Waals surface area contributed by atoms with Crippen molar-refractivity contribution in [2.75, 3.05) is 32.9 Å². The number of halogens is 1. The molecule has 0 aliphatic heterocycles. The third kappa shape index (κ3) is 29.5. The fourth-order valence-corrected chi connectivity index (χ4v) is 7.94. The van der Waals surface area contributed by atoms with E-state index in [4.69, 9.17) is 28.7 Å². The lowest BCUT2D eigenvalue weighted by molar-refractivity contribution is -0.142. The summed E-state index contributed by atoms with van der Waals surface area (Å²) in [6.07, 6.45) is 1.57. The van der Waals surface area contributed by atoms with Crippen molar-refractivity contribution in [3.05, 3.63) is 11.9 Å². The van der Waals surface area contributed by atoms with E-state index in [1.165, 1.54) is 20.0 Å². The molecule has 0 aromatic carbocycles. The van der Waals surface area contributed by atoms with Crippen LogP contribution in [-0.2, 0) is 70.5 Å². The van der Waals surface area contributed by atoms with Gasteiger partial charge in [0.25, 0.3) is 0 Å². The normalized spacial score (nSPS) is 14.1. The molecule has 0 aliphatic carbocycles. The SMILES string of the molecule is CC(C)[C@H](NC(=O)C(CCC(=O)O)NC(=O)[C@H](CC(=O)O)NC(=O)Cn1cc(CCCF)nn1)C(=O)NC(CC(=O)O)C(=O)N[C@@H](CCCCN)C(=O)N[C@@H](CCCCN)C(=O)N[C@@H](CCCCN)C(=O)N[C@@H](CCCCN)C(N)=O. The van der Waals surface area contributed by atoms with Gasteiger partial charge in [-0.05, 0) is 128 Å². The Morgan fingerprint density at radius 1 is 0.494 bits per heavy atom. The predicted molar refractivity (Wildman–Crippen MR) is 287 cm³/mol. The summed E-state index contributed by atoms with van der Waals surface area (Å²) in [7, 11) is 0. The number of carbonyl (C=O) groups excluding carboxylic acids is 9. The van der Waals surface area contributed by atoms with Gasteiger partial charge in [-0.3, -0.25) is 61.9 Å². The number of rotatable bonds is 45. The monoisotopic (exact) mass is 1160 g/mol. The number of aryl methyl sites for hydroxylation is 1. The van der Waals surface area contributed by atoms with E-state index in [1.54, 1.807) is 0 Å². The number of nitrogens with two attached hydrogens (primary N) is 5. The molecule has 1 aromatic rings. The lowest BCUT2D eigenvalue weighted by Crippen LogP contribution is -2.61. The Labute approximate surface area is 468 Å². The second-order valence-corrected chi connectivity index (χ2v) is 19.6. The highest BCUT2D eigenvalue weighted by molar-refractivity contribution is 5.99. The molecule has 9 amide bonds. The van der Waals surface area contributed by atoms with Crippen LogP contribution in [0.5, 0.6) is 0 Å². The average molecular weight is 1160 g/mol. The van der Waals surface area contributed by atoms with Crippen molar-refractivity contribution in [1.82, 2.24) is 57.5 Å². The van der Waals surface area contributed by atoms with Crippen LogP contribution >= 0.6 is 0 Å². The molecular weight excluding hydrogens is 1070 g/mol. The van der Waals surface area contributed by atoms with Crippen LogP contribution in [0.25, 0.3) is 0 Å². The van der Waals surface area contributed by atoms with E-state index in [0.717, 1.165) is 4.68 Å². The Morgan fingerprint density at radius 3 is 1.25 bits per heavy atom. The van der Waals surface area contributed by atoms with E-state index >= 15 is 0 Å². The summed E-state index contributed by atoms with van der Waals surface area (Å²) in [4.78, 5) is 158. The van der Waals surface area contributed by atoms with Gasteiger partial charge in [-0.1, -0.05) is 19.1 Å². The number of carboxylic acid groups (broad SMARTS) is 3. The number of primary amides is 1. The largest absolute Gasteiger partial charge is 0.481 e. The molecule has 0 fully saturated rings. The number of aliphatic carboxylic acids is 3. The maximum atomic E-state index is 14.2. The molecule has 0 spiro atoms. The van der Waals surface area contributed by atoms with Gasteiger partial charge in [-0.25, -0.2) is 4.68 Å². The van der Waals surface area contributed by atoms with Crippen LogP contribution in [-0.4, -0.2) is 183 Å². The zero-order chi connectivity index (χ0) is 61.0. The highest BCUT2D eigenvalue weighted by Crippen LogP contribution is 2.12. The van der Waals surface area contributed by atoms with E-state index in [2.05, 4.69) is 52.8 Å². The summed E-state index contributed by atoms with van der Waals surface area (Å²) in [5.74, 6) is -14.4. The fourth-order valence-electron chi connectivity index (χ4n) is 7.94. The van der Waals surface area contributed by atoms with E-state index < -0.39 is 164 Å². The average Bonchev–Trinajstić information content (AvgIpc) is 3.85. The molecular formula is C49H85FN16O15. The van der Waals surface area contributed by atoms with Crippen LogP contribution in [0.1, 0.15) is 129 Å². The Kier molecular flexibility index (Phi) is 35.2. The van der Waals surface area contributed by atoms with Crippen molar-refractivity contribution in [2.24, 2.45) is 34.6 Å². The molecule has 81 heavy (non-hydrogen) atoms. The Bertz CT molecular complexity index is 2220. The number of hydrogen-bond acceptors (Lipinski definition) is 18. The molecule has 0 saturated heterocycles. The summed E-state index contributed by atoms with van der Waals surface area (Å²) in [6, 6.07) is -12.3. The number of carboxylic acids is 3. The second-order valence-electron chi connectivity index (χ2n) is 19.6. The third-order valence-corrected chi connectivity index (χ3v) is 12.4. The van der Waals surface area contributed by atoms with Crippen LogP contribution in [0.2, 0.25) is 0 Å². The minimum absolute atomic E-state index is 0.00472. The molecule has 32 heteroatoms. The molecule has 1 rings (SSSR count). The Balaban J connectivity index is 3.47. The van der Waals surface area contributed by atoms with E-state index in [9.17, 15) is 77.2 Å². The standard InChI is InChI=1S/C49H85FN16O15/c1-28(2)41(63-46(78)34(17-18-38(68)69)61-47(79)35(24-39(70)71)56-37(67)27-66-26-29(64-65-66)12-11-19-50)49(81)62-36(25-40(72)73)48(80)60-33(16-6-10-23-54)45(77)59-32(15-5-9-22-53)44(76)58-31(14-4-8-21-52)43(75)57-30(42(55)74)13-3-7-20-51/h26,28,30-36,41H,3-25,27,51-54H2,1-2H3,(H2,55,74)(H,56,67)(H,57,75)(H,58,76)(H,59,77)(H,60,80)(H,61,79)(H,62,81)(H,63,78)(H,68,69)(H,70,71)(H,72,73)/t30-,31-,32-,33-,34?,35-,36?,41-/m0/s1. The quantitative estimate of drug-likeness (QED) is 0.0274. The number of unbranched alkanes of at least 4 members (excludes halogenated alkanes) is 4. The minimum atomic E-state index is -1.93. The fraction of sp³-hybridized carbons (Fsp3) is 0.714. The number of alkyl halides is 1. The van der Waals surface area contributed by atoms with E-state index in [1.807, 2.05) is 0 Å². The molecule has 458 valence electrons. The molecule has 0 saturated carbocycles. The van der Waals surface area contributed by atoms with Crippen molar-refractivity contribution >= 4 is 71.1 Å². The summed E-state index contributed by atoms with van der Waals surface area (Å²) in [5.41, 5.74) is 28.6. The van der Waals surface area contributed by atoms with Gasteiger partial charge in [0.05, 0.1) is 25.2 Å². The molecule has 0 aliphatic rings. The van der Waals surface area contributed by atoms with Crippen molar-refractivity contribution in [3.8, 4) is 0 Å². The number of aromatic nitrogens is 3. The van der Waals surface area contributed by atoms with Gasteiger partial charge in [-0.15, -0.1) is 5.10 Å². The molecule has 0 bridgehead atoms. The number of carbonyl (C=O) groups is 12. The van der Waals surface area contributed by atoms with Gasteiger partial charge >= 0.3 is 17.9 Å². The van der Waals surface area contributed by atoms with Gasteiger partial charge in [0, 0.05) is 12.6 Å². The van der Waals surface area contributed by atoms with Crippen molar-refractivity contribution in [3.63, 3.8) is 0 Å². The number of amides is 9. The maximum absolute atomic E-state index is 14.2. The van der Waals surface area contributed by atoms with Crippen molar-refractivity contribution < 1.29 is 77.2 Å². The predicted octanol–water partition coefficient (Wildman–Crippen LogP) is -4.47. The third-order valence-electron chi connectivity index (χ3n) is 12.4. The highest BCUT2D eigenvalue weighted by Gasteiger charge is 2.36. The first-order chi connectivity index (χ1) is 38.4. The van der Waals surface area contributed by atoms with Gasteiger partial charge < -0.3 is 86.5 Å². The number of hydrogen-bond donors (Lipinski definition) is 16. The highest BCUT2D eigenvalue weighted by atomic mass is 19.1. The maximum Gasteiger partial charge on any atom is 0.305 e. The summed E-state index contributed by atoms with van der Waals surface area (Å²) >= 11 is 0. The molecule has 21 N–H and O–H groups in total. The lowest BCUT2D eigenvalue weighted by Gasteiger charge is -2.29. The smallest absolute Gasteiger partial charge is 0.305 e. The van der Waals surface area contributed by atoms with Gasteiger partial charge in [0.15, 0.2) is 0 Å². The lowest BCUT2D eigenvalue weighted by atomic mass is 10.0. The van der Waals surface area contributed by atoms with Gasteiger partial charge in [0.1, 0.15) is 54.9 Å². The Hall–Kier alpha value is -7.45. The van der Waals surface area contributed by atoms with Crippen molar-refractivity contribution in [1.29, 1.82) is 0 Å². The minimum Gasteiger partial charge on any atom is -0.481 e. The molecule has 1 heterocycles. The number of nitrogens with zero attached hydrogens (tertiary/aromatic N) is 3. The second kappa shape index (κ2) is 39.8. The van der Waals surface area contributed by atoms with Crippen LogP contribution in [0, 0.1) is 5.92 Å². The van der Waals surface area contributed by atoms with Crippen LogP contribution in [0.15, 0.2) is 6.20 Å². The van der Waals surface area contributed by atoms with E-state index in [0.29, 0.717) is 57.2 Å². The summed E-state index contributed by atoms with van der Waals surface area (Å²) in [5, 5.41) is 55.8. The van der Waals surface area contributed by atoms with Crippen LogP contribution < -0.4 is 71.2 Å². The molecule has 31 nitrogen and oxygen atoms in total. The number of nitrogens with one attached hydrogen (secondary N) is 8. The first-order valence-corrected chi connectivity index (χ1v) is 27.0. The first-order valence-electron chi connectivity index (χ1n) is 27.0. The first kappa shape index (κ1) is 71.6.